The van der Waals surface area contributed by atoms with Crippen LogP contribution in [0.2, 0.25) is 0 Å². The Labute approximate surface area is 98.0 Å². The molecule has 0 amide bonds. The van der Waals surface area contributed by atoms with Crippen molar-refractivity contribution < 1.29 is 8.42 Å². The summed E-state index contributed by atoms with van der Waals surface area (Å²) in [5.41, 5.74) is 7.33. The Morgan fingerprint density at radius 3 is 2.69 bits per heavy atom. The molecule has 1 saturated heterocycles. The number of hydrogen-bond donors (Lipinski definition) is 1. The maximum atomic E-state index is 12.0. The van der Waals surface area contributed by atoms with Gasteiger partial charge in [0.2, 0.25) is 0 Å². The Morgan fingerprint density at radius 1 is 1.25 bits per heavy atom. The summed E-state index contributed by atoms with van der Waals surface area (Å²) in [6.45, 7) is 0. The van der Waals surface area contributed by atoms with Crippen molar-refractivity contribution in [2.45, 2.75) is 56.2 Å². The smallest absolute Gasteiger partial charge is 0.155 e. The van der Waals surface area contributed by atoms with Crippen molar-refractivity contribution in [3.8, 4) is 0 Å². The highest BCUT2D eigenvalue weighted by Crippen LogP contribution is 2.28. The molecule has 0 saturated carbocycles. The molecule has 0 aromatic heterocycles. The summed E-state index contributed by atoms with van der Waals surface area (Å²) in [7, 11) is -2.94. The molecule has 2 unspecified atom stereocenters. The minimum absolute atomic E-state index is 0.245. The lowest BCUT2D eigenvalue weighted by atomic mass is 9.91. The molecule has 0 spiro atoms. The van der Waals surface area contributed by atoms with Gasteiger partial charge in [-0.2, -0.15) is 0 Å². The van der Waals surface area contributed by atoms with E-state index in [1.165, 1.54) is 12.0 Å². The van der Waals surface area contributed by atoms with Crippen LogP contribution in [0.4, 0.5) is 0 Å². The van der Waals surface area contributed by atoms with Crippen molar-refractivity contribution in [2.75, 3.05) is 5.75 Å². The van der Waals surface area contributed by atoms with Gasteiger partial charge in [0, 0.05) is 6.04 Å². The molecule has 92 valence electrons. The third-order valence-electron chi connectivity index (χ3n) is 3.78. The Kier molecular flexibility index (Phi) is 3.70. The monoisotopic (exact) mass is 243 g/mol. The number of rotatable bonds is 2. The molecule has 2 aliphatic rings. The van der Waals surface area contributed by atoms with E-state index in [-0.39, 0.29) is 11.3 Å². The zero-order chi connectivity index (χ0) is 11.6. The third kappa shape index (κ3) is 2.48. The second kappa shape index (κ2) is 4.88. The van der Waals surface area contributed by atoms with E-state index in [2.05, 4.69) is 6.08 Å². The average molecular weight is 243 g/mol. The average Bonchev–Trinajstić information content (AvgIpc) is 2.29. The van der Waals surface area contributed by atoms with Crippen LogP contribution in [0.25, 0.3) is 0 Å². The van der Waals surface area contributed by atoms with E-state index in [0.29, 0.717) is 5.75 Å². The van der Waals surface area contributed by atoms with Crippen LogP contribution in [-0.2, 0) is 9.84 Å². The second-order valence-electron chi connectivity index (χ2n) is 4.95. The van der Waals surface area contributed by atoms with Crippen LogP contribution in [0.3, 0.4) is 0 Å². The lowest BCUT2D eigenvalue weighted by Gasteiger charge is -2.30. The first-order valence-corrected chi connectivity index (χ1v) is 7.99. The van der Waals surface area contributed by atoms with Crippen molar-refractivity contribution in [2.24, 2.45) is 5.73 Å². The quantitative estimate of drug-likeness (QED) is 0.752. The Bertz CT molecular complexity index is 372. The van der Waals surface area contributed by atoms with Gasteiger partial charge >= 0.3 is 0 Å². The van der Waals surface area contributed by atoms with Gasteiger partial charge in [-0.25, -0.2) is 8.42 Å². The lowest BCUT2D eigenvalue weighted by Crippen LogP contribution is -2.45. The SMILES string of the molecule is NC(C1=CCCCC1)C1CCCCS1(=O)=O. The van der Waals surface area contributed by atoms with Gasteiger partial charge in [-0.1, -0.05) is 18.1 Å². The predicted octanol–water partition coefficient (Wildman–Crippen LogP) is 1.78. The van der Waals surface area contributed by atoms with Crippen LogP contribution >= 0.6 is 0 Å². The molecule has 16 heavy (non-hydrogen) atoms. The number of nitrogens with two attached hydrogens (primary N) is 1. The topological polar surface area (TPSA) is 60.2 Å². The molecule has 2 atom stereocenters. The van der Waals surface area contributed by atoms with Crippen LogP contribution < -0.4 is 5.73 Å². The maximum Gasteiger partial charge on any atom is 0.155 e. The Morgan fingerprint density at radius 2 is 2.06 bits per heavy atom. The minimum Gasteiger partial charge on any atom is -0.323 e. The molecule has 0 bridgehead atoms. The highest BCUT2D eigenvalue weighted by Gasteiger charge is 2.35. The first-order chi connectivity index (χ1) is 7.61. The van der Waals surface area contributed by atoms with Crippen LogP contribution in [0.15, 0.2) is 11.6 Å². The summed E-state index contributed by atoms with van der Waals surface area (Å²) >= 11 is 0. The number of hydrogen-bond acceptors (Lipinski definition) is 3. The molecule has 2 N–H and O–H groups in total. The summed E-state index contributed by atoms with van der Waals surface area (Å²) in [5, 5.41) is -0.314. The number of sulfone groups is 1. The van der Waals surface area contributed by atoms with Crippen LogP contribution in [0.1, 0.15) is 44.9 Å². The van der Waals surface area contributed by atoms with E-state index < -0.39 is 9.84 Å². The molecule has 4 heteroatoms. The van der Waals surface area contributed by atoms with E-state index in [9.17, 15) is 8.42 Å². The van der Waals surface area contributed by atoms with Gasteiger partial charge in [-0.3, -0.25) is 0 Å². The minimum atomic E-state index is -2.94. The molecular weight excluding hydrogens is 222 g/mol. The molecule has 1 heterocycles. The third-order valence-corrected chi connectivity index (χ3v) is 6.09. The zero-order valence-electron chi connectivity index (χ0n) is 9.69. The zero-order valence-corrected chi connectivity index (χ0v) is 10.5. The highest BCUT2D eigenvalue weighted by molar-refractivity contribution is 7.92. The largest absolute Gasteiger partial charge is 0.323 e. The fourth-order valence-corrected chi connectivity index (χ4v) is 4.84. The van der Waals surface area contributed by atoms with Gasteiger partial charge in [0.25, 0.3) is 0 Å². The fourth-order valence-electron chi connectivity index (χ4n) is 2.79. The first-order valence-electron chi connectivity index (χ1n) is 6.27. The van der Waals surface area contributed by atoms with Gasteiger partial charge < -0.3 is 5.73 Å². The molecule has 1 fully saturated rings. The normalized spacial score (nSPS) is 31.8. The Hall–Kier alpha value is -0.350. The van der Waals surface area contributed by atoms with Gasteiger partial charge in [0.1, 0.15) is 0 Å². The summed E-state index contributed by atoms with van der Waals surface area (Å²) in [5.74, 6) is 0.332. The van der Waals surface area contributed by atoms with E-state index in [1.54, 1.807) is 0 Å². The predicted molar refractivity (Wildman–Crippen MR) is 66.0 cm³/mol. The van der Waals surface area contributed by atoms with Crippen molar-refractivity contribution in [3.63, 3.8) is 0 Å². The fraction of sp³-hybridized carbons (Fsp3) is 0.833. The van der Waals surface area contributed by atoms with Crippen LogP contribution in [-0.4, -0.2) is 25.5 Å². The van der Waals surface area contributed by atoms with E-state index in [1.807, 2.05) is 0 Å². The van der Waals surface area contributed by atoms with E-state index in [4.69, 9.17) is 5.73 Å². The van der Waals surface area contributed by atoms with E-state index >= 15 is 0 Å². The first kappa shape index (κ1) is 12.1. The molecule has 0 radical (unpaired) electrons. The highest BCUT2D eigenvalue weighted by atomic mass is 32.2. The molecular formula is C12H21NO2S. The van der Waals surface area contributed by atoms with Gasteiger partial charge in [0.05, 0.1) is 11.0 Å². The summed E-state index contributed by atoms with van der Waals surface area (Å²) in [6, 6.07) is -0.245. The van der Waals surface area contributed by atoms with Gasteiger partial charge in [-0.15, -0.1) is 0 Å². The van der Waals surface area contributed by atoms with E-state index in [0.717, 1.165) is 38.5 Å². The van der Waals surface area contributed by atoms with Crippen molar-refractivity contribution in [1.29, 1.82) is 0 Å². The van der Waals surface area contributed by atoms with Crippen molar-refractivity contribution >= 4 is 9.84 Å². The Balaban J connectivity index is 2.13. The van der Waals surface area contributed by atoms with Gasteiger partial charge in [-0.05, 0) is 38.5 Å². The van der Waals surface area contributed by atoms with Gasteiger partial charge in [0.15, 0.2) is 9.84 Å². The molecule has 0 aromatic carbocycles. The standard InChI is InChI=1S/C12H21NO2S/c13-12(10-6-2-1-3-7-10)11-8-4-5-9-16(11,14)15/h6,11-12H,1-5,7-9,13H2. The molecule has 1 aliphatic carbocycles. The van der Waals surface area contributed by atoms with Crippen LogP contribution in [0.5, 0.6) is 0 Å². The number of allylic oxidation sites excluding steroid dienone is 1. The second-order valence-corrected chi connectivity index (χ2v) is 7.29. The molecule has 0 aromatic rings. The van der Waals surface area contributed by atoms with Crippen molar-refractivity contribution in [1.82, 2.24) is 0 Å². The molecule has 2 rings (SSSR count). The lowest BCUT2D eigenvalue weighted by molar-refractivity contribution is 0.505. The van der Waals surface area contributed by atoms with Crippen LogP contribution in [0, 0.1) is 0 Å². The maximum absolute atomic E-state index is 12.0. The molecule has 3 nitrogen and oxygen atoms in total. The summed E-state index contributed by atoms with van der Waals surface area (Å²) in [4.78, 5) is 0. The van der Waals surface area contributed by atoms with Crippen molar-refractivity contribution in [3.05, 3.63) is 11.6 Å². The summed E-state index contributed by atoms with van der Waals surface area (Å²) in [6.07, 6.45) is 9.16. The summed E-state index contributed by atoms with van der Waals surface area (Å²) < 4.78 is 23.9. The molecule has 1 aliphatic heterocycles.